The van der Waals surface area contributed by atoms with E-state index in [4.69, 9.17) is 5.73 Å². The molecule has 6 nitrogen and oxygen atoms in total. The molecule has 4 aliphatic rings. The van der Waals surface area contributed by atoms with Crippen LogP contribution in [-0.2, 0) is 9.59 Å². The summed E-state index contributed by atoms with van der Waals surface area (Å²) in [6.07, 6.45) is 14.5. The predicted molar refractivity (Wildman–Crippen MR) is 133 cm³/mol. The SMILES string of the molecule is CC(C)CN(CC1CCCCC1)C1CCN(C(=O)C2CC2)[C@@H](C(=O)NC2CCC(N)CC2)C1. The van der Waals surface area contributed by atoms with E-state index in [1.165, 1.54) is 32.1 Å². The summed E-state index contributed by atoms with van der Waals surface area (Å²) < 4.78 is 0. The number of piperidine rings is 1. The minimum Gasteiger partial charge on any atom is -0.352 e. The highest BCUT2D eigenvalue weighted by Gasteiger charge is 2.43. The third-order valence-corrected chi connectivity index (χ3v) is 8.54. The Labute approximate surface area is 201 Å². The van der Waals surface area contributed by atoms with Gasteiger partial charge >= 0.3 is 0 Å². The molecular formula is C27H48N4O2. The first-order chi connectivity index (χ1) is 15.9. The Morgan fingerprint density at radius 2 is 1.67 bits per heavy atom. The number of carbonyl (C=O) groups excluding carboxylic acids is 2. The van der Waals surface area contributed by atoms with Crippen LogP contribution in [-0.4, -0.2) is 65.4 Å². The van der Waals surface area contributed by atoms with Gasteiger partial charge in [0.05, 0.1) is 0 Å². The van der Waals surface area contributed by atoms with Gasteiger partial charge in [0, 0.05) is 43.7 Å². The van der Waals surface area contributed by atoms with E-state index in [9.17, 15) is 9.59 Å². The number of amides is 2. The van der Waals surface area contributed by atoms with Crippen LogP contribution in [0.5, 0.6) is 0 Å². The molecule has 3 saturated carbocycles. The summed E-state index contributed by atoms with van der Waals surface area (Å²) in [5, 5.41) is 3.33. The third kappa shape index (κ3) is 6.94. The van der Waals surface area contributed by atoms with Crippen molar-refractivity contribution in [1.29, 1.82) is 0 Å². The number of likely N-dealkylation sites (tertiary alicyclic amines) is 1. The van der Waals surface area contributed by atoms with Gasteiger partial charge in [-0.15, -0.1) is 0 Å². The van der Waals surface area contributed by atoms with E-state index in [2.05, 4.69) is 24.1 Å². The lowest BCUT2D eigenvalue weighted by atomic mass is 9.87. The van der Waals surface area contributed by atoms with Gasteiger partial charge in [0.1, 0.15) is 6.04 Å². The predicted octanol–water partition coefficient (Wildman–Crippen LogP) is 3.68. The second kappa shape index (κ2) is 11.5. The zero-order valence-corrected chi connectivity index (χ0v) is 21.1. The van der Waals surface area contributed by atoms with Gasteiger partial charge in [0.25, 0.3) is 0 Å². The van der Waals surface area contributed by atoms with Gasteiger partial charge in [-0.3, -0.25) is 14.5 Å². The summed E-state index contributed by atoms with van der Waals surface area (Å²) in [7, 11) is 0. The van der Waals surface area contributed by atoms with E-state index in [1.54, 1.807) is 0 Å². The third-order valence-electron chi connectivity index (χ3n) is 8.54. The fourth-order valence-corrected chi connectivity index (χ4v) is 6.46. The van der Waals surface area contributed by atoms with Gasteiger partial charge in [-0.05, 0) is 76.0 Å². The molecule has 2 amide bonds. The number of rotatable bonds is 8. The highest BCUT2D eigenvalue weighted by molar-refractivity contribution is 5.89. The first kappa shape index (κ1) is 25.0. The largest absolute Gasteiger partial charge is 0.352 e. The summed E-state index contributed by atoms with van der Waals surface area (Å²) in [6, 6.07) is 0.570. The molecule has 3 aliphatic carbocycles. The number of nitrogens with two attached hydrogens (primary N) is 1. The standard InChI is InChI=1S/C27H48N4O2/c1-19(2)17-30(18-20-6-4-3-5-7-20)24-14-15-31(27(33)21-8-9-21)25(16-24)26(32)29-23-12-10-22(28)11-13-23/h19-25H,3-18,28H2,1-2H3,(H,29,32)/t22?,23?,24?,25-/m1/s1. The molecule has 0 spiro atoms. The molecular weight excluding hydrogens is 412 g/mol. The van der Waals surface area contributed by atoms with Crippen LogP contribution in [0.2, 0.25) is 0 Å². The van der Waals surface area contributed by atoms with Crippen molar-refractivity contribution in [2.45, 2.75) is 121 Å². The van der Waals surface area contributed by atoms with Gasteiger partial charge in [-0.25, -0.2) is 0 Å². The van der Waals surface area contributed by atoms with Crippen LogP contribution in [0.1, 0.15) is 97.3 Å². The molecule has 3 N–H and O–H groups in total. The maximum Gasteiger partial charge on any atom is 0.243 e. The van der Waals surface area contributed by atoms with Gasteiger partial charge in [0.2, 0.25) is 11.8 Å². The summed E-state index contributed by atoms with van der Waals surface area (Å²) >= 11 is 0. The van der Waals surface area contributed by atoms with Crippen molar-refractivity contribution in [3.05, 3.63) is 0 Å². The number of nitrogens with zero attached hydrogens (tertiary/aromatic N) is 2. The zero-order valence-electron chi connectivity index (χ0n) is 21.1. The molecule has 4 fully saturated rings. The average Bonchev–Trinajstić information content (AvgIpc) is 3.65. The second-order valence-electron chi connectivity index (χ2n) is 12.0. The Kier molecular flexibility index (Phi) is 8.72. The maximum absolute atomic E-state index is 13.5. The first-order valence-electron chi connectivity index (χ1n) is 14.0. The number of hydrogen-bond acceptors (Lipinski definition) is 4. The molecule has 33 heavy (non-hydrogen) atoms. The Bertz CT molecular complexity index is 651. The summed E-state index contributed by atoms with van der Waals surface area (Å²) in [5.41, 5.74) is 6.07. The van der Waals surface area contributed by atoms with Crippen LogP contribution in [0, 0.1) is 17.8 Å². The van der Waals surface area contributed by atoms with E-state index in [1.807, 2.05) is 4.90 Å². The van der Waals surface area contributed by atoms with E-state index in [0.717, 1.165) is 76.9 Å². The lowest BCUT2D eigenvalue weighted by Crippen LogP contribution is -2.59. The molecule has 0 aromatic carbocycles. The van der Waals surface area contributed by atoms with Crippen LogP contribution in [0.25, 0.3) is 0 Å². The van der Waals surface area contributed by atoms with Crippen molar-refractivity contribution in [1.82, 2.24) is 15.1 Å². The molecule has 2 atom stereocenters. The summed E-state index contributed by atoms with van der Waals surface area (Å²) in [5.74, 6) is 1.87. The van der Waals surface area contributed by atoms with Crippen molar-refractivity contribution in [3.63, 3.8) is 0 Å². The van der Waals surface area contributed by atoms with Gasteiger partial charge < -0.3 is 16.0 Å². The molecule has 1 saturated heterocycles. The van der Waals surface area contributed by atoms with Crippen LogP contribution < -0.4 is 11.1 Å². The van der Waals surface area contributed by atoms with Crippen molar-refractivity contribution in [3.8, 4) is 0 Å². The molecule has 0 aromatic heterocycles. The smallest absolute Gasteiger partial charge is 0.243 e. The molecule has 1 heterocycles. The number of carbonyl (C=O) groups is 2. The molecule has 6 heteroatoms. The van der Waals surface area contributed by atoms with Crippen LogP contribution in [0.3, 0.4) is 0 Å². The molecule has 1 aliphatic heterocycles. The van der Waals surface area contributed by atoms with Crippen molar-refractivity contribution in [2.24, 2.45) is 23.5 Å². The average molecular weight is 461 g/mol. The molecule has 188 valence electrons. The van der Waals surface area contributed by atoms with E-state index in [-0.39, 0.29) is 35.9 Å². The number of nitrogens with one attached hydrogen (secondary N) is 1. The van der Waals surface area contributed by atoms with E-state index in [0.29, 0.717) is 12.0 Å². The van der Waals surface area contributed by atoms with Crippen molar-refractivity contribution >= 4 is 11.8 Å². The zero-order chi connectivity index (χ0) is 23.4. The topological polar surface area (TPSA) is 78.7 Å². The van der Waals surface area contributed by atoms with E-state index >= 15 is 0 Å². The molecule has 0 aromatic rings. The van der Waals surface area contributed by atoms with Crippen LogP contribution >= 0.6 is 0 Å². The molecule has 0 radical (unpaired) electrons. The normalized spacial score (nSPS) is 31.7. The lowest BCUT2D eigenvalue weighted by Gasteiger charge is -2.45. The van der Waals surface area contributed by atoms with Gasteiger partial charge in [0.15, 0.2) is 0 Å². The molecule has 1 unspecified atom stereocenters. The minimum absolute atomic E-state index is 0.0799. The monoisotopic (exact) mass is 460 g/mol. The highest BCUT2D eigenvalue weighted by atomic mass is 16.2. The van der Waals surface area contributed by atoms with Crippen molar-refractivity contribution in [2.75, 3.05) is 19.6 Å². The Morgan fingerprint density at radius 3 is 2.30 bits per heavy atom. The maximum atomic E-state index is 13.5. The molecule has 0 bridgehead atoms. The van der Waals surface area contributed by atoms with E-state index < -0.39 is 0 Å². The molecule has 4 rings (SSSR count). The van der Waals surface area contributed by atoms with Crippen LogP contribution in [0.4, 0.5) is 0 Å². The second-order valence-corrected chi connectivity index (χ2v) is 12.0. The van der Waals surface area contributed by atoms with Crippen molar-refractivity contribution < 1.29 is 9.59 Å². The van der Waals surface area contributed by atoms with Gasteiger partial charge in [-0.1, -0.05) is 33.1 Å². The minimum atomic E-state index is -0.312. The highest BCUT2D eigenvalue weighted by Crippen LogP contribution is 2.35. The Morgan fingerprint density at radius 1 is 0.970 bits per heavy atom. The van der Waals surface area contributed by atoms with Gasteiger partial charge in [-0.2, -0.15) is 0 Å². The summed E-state index contributed by atoms with van der Waals surface area (Å²) in [4.78, 5) is 31.3. The quantitative estimate of drug-likeness (QED) is 0.579. The van der Waals surface area contributed by atoms with Crippen LogP contribution in [0.15, 0.2) is 0 Å². The lowest BCUT2D eigenvalue weighted by molar-refractivity contribution is -0.145. The Hall–Kier alpha value is -1.14. The fraction of sp³-hybridized carbons (Fsp3) is 0.926. The summed E-state index contributed by atoms with van der Waals surface area (Å²) in [6.45, 7) is 7.59. The Balaban J connectivity index is 1.44. The first-order valence-corrected chi connectivity index (χ1v) is 14.0. The number of hydrogen-bond donors (Lipinski definition) is 2. The fourth-order valence-electron chi connectivity index (χ4n) is 6.46.